The van der Waals surface area contributed by atoms with Crippen molar-refractivity contribution in [3.8, 4) is 0 Å². The van der Waals surface area contributed by atoms with Gasteiger partial charge in [0.25, 0.3) is 5.91 Å². The Morgan fingerprint density at radius 1 is 1.09 bits per heavy atom. The van der Waals surface area contributed by atoms with Gasteiger partial charge in [-0.25, -0.2) is 4.79 Å². The number of hydrogen-bond acceptors (Lipinski definition) is 3. The number of benzene rings is 2. The van der Waals surface area contributed by atoms with Gasteiger partial charge in [0, 0.05) is 17.3 Å². The second-order valence-electron chi connectivity index (χ2n) is 4.77. The minimum absolute atomic E-state index is 0.284. The minimum Gasteiger partial charge on any atom is -0.465 e. The number of para-hydroxylation sites is 1. The van der Waals surface area contributed by atoms with Crippen molar-refractivity contribution in [2.24, 2.45) is 0 Å². The molecule has 0 spiro atoms. The Balaban J connectivity index is 1.89. The van der Waals surface area contributed by atoms with Crippen LogP contribution in [-0.4, -0.2) is 24.0 Å². The molecule has 2 aromatic carbocycles. The third-order valence-corrected chi connectivity index (χ3v) is 3.40. The third kappa shape index (κ3) is 2.56. The SMILES string of the molecule is COC(=O)c1ccccc1NC(=O)c1ccc2cc[nH]c2c1. The van der Waals surface area contributed by atoms with Gasteiger partial charge in [0.15, 0.2) is 0 Å². The summed E-state index contributed by atoms with van der Waals surface area (Å²) in [6.07, 6.45) is 1.82. The van der Waals surface area contributed by atoms with Crippen molar-refractivity contribution in [2.45, 2.75) is 0 Å². The van der Waals surface area contributed by atoms with E-state index in [2.05, 4.69) is 10.3 Å². The van der Waals surface area contributed by atoms with Gasteiger partial charge in [-0.05, 0) is 35.7 Å². The summed E-state index contributed by atoms with van der Waals surface area (Å²) < 4.78 is 4.72. The highest BCUT2D eigenvalue weighted by Crippen LogP contribution is 2.19. The first kappa shape index (κ1) is 13.9. The number of ether oxygens (including phenoxy) is 1. The van der Waals surface area contributed by atoms with Gasteiger partial charge in [0.1, 0.15) is 0 Å². The van der Waals surface area contributed by atoms with Crippen molar-refractivity contribution in [3.63, 3.8) is 0 Å². The van der Waals surface area contributed by atoms with E-state index in [4.69, 9.17) is 4.74 Å². The van der Waals surface area contributed by atoms with Crippen molar-refractivity contribution in [2.75, 3.05) is 12.4 Å². The Kier molecular flexibility index (Phi) is 3.62. The topological polar surface area (TPSA) is 71.2 Å². The lowest BCUT2D eigenvalue weighted by atomic mass is 10.1. The lowest BCUT2D eigenvalue weighted by Crippen LogP contribution is -2.15. The van der Waals surface area contributed by atoms with Gasteiger partial charge in [-0.1, -0.05) is 18.2 Å². The number of esters is 1. The Labute approximate surface area is 126 Å². The van der Waals surface area contributed by atoms with Crippen LogP contribution in [0.4, 0.5) is 5.69 Å². The summed E-state index contributed by atoms with van der Waals surface area (Å²) in [5, 5.41) is 3.78. The Hall–Kier alpha value is -3.08. The van der Waals surface area contributed by atoms with Crippen LogP contribution >= 0.6 is 0 Å². The fourth-order valence-corrected chi connectivity index (χ4v) is 2.26. The maximum Gasteiger partial charge on any atom is 0.339 e. The number of fused-ring (bicyclic) bond motifs is 1. The average molecular weight is 294 g/mol. The molecule has 0 aliphatic rings. The molecule has 0 saturated carbocycles. The molecule has 110 valence electrons. The van der Waals surface area contributed by atoms with E-state index in [1.807, 2.05) is 18.3 Å². The number of amides is 1. The van der Waals surface area contributed by atoms with E-state index in [1.165, 1.54) is 7.11 Å². The molecule has 22 heavy (non-hydrogen) atoms. The molecule has 1 aromatic heterocycles. The molecule has 0 saturated heterocycles. The summed E-state index contributed by atoms with van der Waals surface area (Å²) in [6.45, 7) is 0. The summed E-state index contributed by atoms with van der Waals surface area (Å²) in [7, 11) is 1.31. The van der Waals surface area contributed by atoms with Crippen LogP contribution in [-0.2, 0) is 4.74 Å². The highest BCUT2D eigenvalue weighted by Gasteiger charge is 2.14. The molecular weight excluding hydrogens is 280 g/mol. The zero-order valence-electron chi connectivity index (χ0n) is 11.9. The van der Waals surface area contributed by atoms with Crippen LogP contribution in [0.15, 0.2) is 54.7 Å². The molecule has 0 bridgehead atoms. The maximum atomic E-state index is 12.4. The van der Waals surface area contributed by atoms with Gasteiger partial charge in [0.2, 0.25) is 0 Å². The third-order valence-electron chi connectivity index (χ3n) is 3.40. The molecule has 0 atom stereocenters. The zero-order chi connectivity index (χ0) is 15.5. The predicted molar refractivity (Wildman–Crippen MR) is 84.0 cm³/mol. The molecule has 1 heterocycles. The van der Waals surface area contributed by atoms with Crippen molar-refractivity contribution < 1.29 is 14.3 Å². The monoisotopic (exact) mass is 294 g/mol. The van der Waals surface area contributed by atoms with Crippen LogP contribution in [0.2, 0.25) is 0 Å². The Morgan fingerprint density at radius 3 is 2.73 bits per heavy atom. The largest absolute Gasteiger partial charge is 0.465 e. The van der Waals surface area contributed by atoms with Crippen molar-refractivity contribution in [1.82, 2.24) is 4.98 Å². The van der Waals surface area contributed by atoms with E-state index in [1.54, 1.807) is 36.4 Å². The lowest BCUT2D eigenvalue weighted by molar-refractivity contribution is 0.0602. The summed E-state index contributed by atoms with van der Waals surface area (Å²) in [5.74, 6) is -0.774. The number of aromatic nitrogens is 1. The second kappa shape index (κ2) is 5.73. The smallest absolute Gasteiger partial charge is 0.339 e. The fourth-order valence-electron chi connectivity index (χ4n) is 2.26. The zero-order valence-corrected chi connectivity index (χ0v) is 11.9. The predicted octanol–water partition coefficient (Wildman–Crippen LogP) is 3.21. The normalized spacial score (nSPS) is 10.4. The maximum absolute atomic E-state index is 12.4. The van der Waals surface area contributed by atoms with Crippen LogP contribution in [0.3, 0.4) is 0 Å². The summed E-state index contributed by atoms with van der Waals surface area (Å²) in [4.78, 5) is 27.1. The van der Waals surface area contributed by atoms with Crippen LogP contribution < -0.4 is 5.32 Å². The van der Waals surface area contributed by atoms with E-state index in [0.717, 1.165) is 10.9 Å². The molecule has 3 rings (SSSR count). The average Bonchev–Trinajstić information content (AvgIpc) is 3.02. The molecule has 1 amide bonds. The van der Waals surface area contributed by atoms with Gasteiger partial charge < -0.3 is 15.0 Å². The molecular formula is C17H14N2O3. The molecule has 0 radical (unpaired) electrons. The van der Waals surface area contributed by atoms with Crippen molar-refractivity contribution in [1.29, 1.82) is 0 Å². The van der Waals surface area contributed by atoms with Gasteiger partial charge in [-0.2, -0.15) is 0 Å². The van der Waals surface area contributed by atoms with E-state index in [9.17, 15) is 9.59 Å². The lowest BCUT2D eigenvalue weighted by Gasteiger charge is -2.09. The van der Waals surface area contributed by atoms with Crippen LogP contribution in [0.1, 0.15) is 20.7 Å². The summed E-state index contributed by atoms with van der Waals surface area (Å²) in [5.41, 5.74) is 2.13. The van der Waals surface area contributed by atoms with Gasteiger partial charge >= 0.3 is 5.97 Å². The van der Waals surface area contributed by atoms with Gasteiger partial charge in [0.05, 0.1) is 18.4 Å². The van der Waals surface area contributed by atoms with E-state index >= 15 is 0 Å². The molecule has 0 aliphatic heterocycles. The summed E-state index contributed by atoms with van der Waals surface area (Å²) >= 11 is 0. The molecule has 0 unspecified atom stereocenters. The van der Waals surface area contributed by atoms with Crippen molar-refractivity contribution >= 4 is 28.5 Å². The second-order valence-corrected chi connectivity index (χ2v) is 4.77. The molecule has 3 aromatic rings. The van der Waals surface area contributed by atoms with Crippen LogP contribution in [0.5, 0.6) is 0 Å². The number of carbonyl (C=O) groups is 2. The number of rotatable bonds is 3. The van der Waals surface area contributed by atoms with Crippen LogP contribution in [0.25, 0.3) is 10.9 Å². The van der Waals surface area contributed by atoms with E-state index in [-0.39, 0.29) is 5.91 Å². The molecule has 0 fully saturated rings. The summed E-state index contributed by atoms with van der Waals surface area (Å²) in [6, 6.07) is 14.0. The van der Waals surface area contributed by atoms with Gasteiger partial charge in [-0.3, -0.25) is 4.79 Å². The number of aromatic amines is 1. The van der Waals surface area contributed by atoms with Crippen LogP contribution in [0, 0.1) is 0 Å². The van der Waals surface area contributed by atoms with Crippen molar-refractivity contribution in [3.05, 3.63) is 65.9 Å². The number of hydrogen-bond donors (Lipinski definition) is 2. The molecule has 0 aliphatic carbocycles. The molecule has 5 heteroatoms. The van der Waals surface area contributed by atoms with E-state index in [0.29, 0.717) is 16.8 Å². The molecule has 2 N–H and O–H groups in total. The first-order valence-corrected chi connectivity index (χ1v) is 6.75. The highest BCUT2D eigenvalue weighted by atomic mass is 16.5. The first-order valence-electron chi connectivity index (χ1n) is 6.75. The minimum atomic E-state index is -0.490. The highest BCUT2D eigenvalue weighted by molar-refractivity contribution is 6.09. The quantitative estimate of drug-likeness (QED) is 0.729. The standard InChI is InChI=1S/C17H14N2O3/c1-22-17(21)13-4-2-3-5-14(13)19-16(20)12-7-6-11-8-9-18-15(11)10-12/h2-10,18H,1H3,(H,19,20). The number of nitrogens with one attached hydrogen (secondary N) is 2. The fraction of sp³-hybridized carbons (Fsp3) is 0.0588. The molecule has 5 nitrogen and oxygen atoms in total. The number of anilines is 1. The Morgan fingerprint density at radius 2 is 1.91 bits per heavy atom. The van der Waals surface area contributed by atoms with Gasteiger partial charge in [-0.15, -0.1) is 0 Å². The number of methoxy groups -OCH3 is 1. The first-order chi connectivity index (χ1) is 10.7. The van der Waals surface area contributed by atoms with E-state index < -0.39 is 5.97 Å². The Bertz CT molecular complexity index is 852. The number of H-pyrrole nitrogens is 1. The number of carbonyl (C=O) groups excluding carboxylic acids is 2.